The molecule has 0 saturated heterocycles. The fourth-order valence-corrected chi connectivity index (χ4v) is 2.42. The van der Waals surface area contributed by atoms with Gasteiger partial charge in [0, 0.05) is 16.3 Å². The van der Waals surface area contributed by atoms with Crippen LogP contribution in [-0.4, -0.2) is 5.91 Å². The molecule has 3 rings (SSSR count). The van der Waals surface area contributed by atoms with E-state index in [1.165, 1.54) is 0 Å². The molecule has 1 amide bonds. The van der Waals surface area contributed by atoms with Crippen LogP contribution >= 0.6 is 11.6 Å². The number of hydrogen-bond donors (Lipinski definition) is 1. The highest BCUT2D eigenvalue weighted by atomic mass is 35.5. The lowest BCUT2D eigenvalue weighted by Crippen LogP contribution is -2.03. The number of benzene rings is 2. The van der Waals surface area contributed by atoms with Crippen LogP contribution in [0.15, 0.2) is 42.5 Å². The van der Waals surface area contributed by atoms with Crippen LogP contribution in [0.2, 0.25) is 5.02 Å². The van der Waals surface area contributed by atoms with Gasteiger partial charge in [-0.25, -0.2) is 0 Å². The van der Waals surface area contributed by atoms with E-state index in [0.717, 1.165) is 22.4 Å². The molecule has 17 heavy (non-hydrogen) atoms. The summed E-state index contributed by atoms with van der Waals surface area (Å²) in [7, 11) is 0. The van der Waals surface area contributed by atoms with E-state index < -0.39 is 0 Å². The third-order valence-corrected chi connectivity index (χ3v) is 3.28. The van der Waals surface area contributed by atoms with Gasteiger partial charge in [0.1, 0.15) is 0 Å². The summed E-state index contributed by atoms with van der Waals surface area (Å²) < 4.78 is 0. The van der Waals surface area contributed by atoms with Gasteiger partial charge in [-0.15, -0.1) is 0 Å². The minimum Gasteiger partial charge on any atom is -0.326 e. The molecule has 3 heteroatoms. The molecule has 0 atom stereocenters. The van der Waals surface area contributed by atoms with E-state index in [9.17, 15) is 4.79 Å². The topological polar surface area (TPSA) is 29.1 Å². The minimum absolute atomic E-state index is 0.0412. The first kappa shape index (κ1) is 10.4. The molecule has 0 spiro atoms. The Kier molecular flexibility index (Phi) is 2.37. The zero-order valence-corrected chi connectivity index (χ0v) is 9.79. The summed E-state index contributed by atoms with van der Waals surface area (Å²) in [5.41, 5.74) is 3.94. The first-order chi connectivity index (χ1) is 8.25. The monoisotopic (exact) mass is 243 g/mol. The fraction of sp³-hybridized carbons (Fsp3) is 0.0714. The van der Waals surface area contributed by atoms with Crippen LogP contribution in [0.5, 0.6) is 0 Å². The smallest absolute Gasteiger partial charge is 0.228 e. The second kappa shape index (κ2) is 3.90. The first-order valence-corrected chi connectivity index (χ1v) is 5.80. The molecule has 1 aliphatic rings. The van der Waals surface area contributed by atoms with Gasteiger partial charge in [-0.1, -0.05) is 41.9 Å². The number of carbonyl (C=O) groups is 1. The van der Waals surface area contributed by atoms with Crippen molar-refractivity contribution in [1.29, 1.82) is 0 Å². The molecule has 1 aliphatic heterocycles. The number of fused-ring (bicyclic) bond motifs is 1. The number of halogens is 1. The van der Waals surface area contributed by atoms with Gasteiger partial charge >= 0.3 is 0 Å². The van der Waals surface area contributed by atoms with Crippen molar-refractivity contribution in [3.05, 3.63) is 53.1 Å². The lowest BCUT2D eigenvalue weighted by molar-refractivity contribution is -0.115. The Labute approximate surface area is 104 Å². The predicted octanol–water partition coefficient (Wildman–Crippen LogP) is 3.50. The molecule has 2 aromatic rings. The molecule has 1 N–H and O–H groups in total. The van der Waals surface area contributed by atoms with Crippen LogP contribution in [0.25, 0.3) is 11.1 Å². The molecule has 2 aromatic carbocycles. The number of amides is 1. The van der Waals surface area contributed by atoms with Crippen molar-refractivity contribution < 1.29 is 4.79 Å². The molecule has 0 fully saturated rings. The summed E-state index contributed by atoms with van der Waals surface area (Å²) in [6.45, 7) is 0. The first-order valence-electron chi connectivity index (χ1n) is 5.42. The molecule has 0 radical (unpaired) electrons. The molecule has 0 bridgehead atoms. The van der Waals surface area contributed by atoms with E-state index in [4.69, 9.17) is 11.6 Å². The van der Waals surface area contributed by atoms with Crippen LogP contribution in [-0.2, 0) is 11.2 Å². The molecule has 84 valence electrons. The number of anilines is 1. The van der Waals surface area contributed by atoms with E-state index in [2.05, 4.69) is 5.32 Å². The summed E-state index contributed by atoms with van der Waals surface area (Å²) in [5, 5.41) is 3.55. The Morgan fingerprint density at radius 3 is 2.59 bits per heavy atom. The van der Waals surface area contributed by atoms with Crippen molar-refractivity contribution in [3.63, 3.8) is 0 Å². The molecule has 0 unspecified atom stereocenters. The average Bonchev–Trinajstić information content (AvgIpc) is 2.70. The zero-order chi connectivity index (χ0) is 11.8. The number of rotatable bonds is 1. The largest absolute Gasteiger partial charge is 0.326 e. The maximum Gasteiger partial charge on any atom is 0.228 e. The highest BCUT2D eigenvalue weighted by Gasteiger charge is 2.21. The van der Waals surface area contributed by atoms with Crippen LogP contribution in [0.3, 0.4) is 0 Å². The molecule has 0 aliphatic carbocycles. The third-order valence-electron chi connectivity index (χ3n) is 2.95. The van der Waals surface area contributed by atoms with Gasteiger partial charge in [-0.2, -0.15) is 0 Å². The average molecular weight is 244 g/mol. The highest BCUT2D eigenvalue weighted by Crippen LogP contribution is 2.36. The van der Waals surface area contributed by atoms with E-state index in [1.807, 2.05) is 42.5 Å². The van der Waals surface area contributed by atoms with E-state index >= 15 is 0 Å². The molecule has 1 heterocycles. The number of hydrogen-bond acceptors (Lipinski definition) is 1. The lowest BCUT2D eigenvalue weighted by atomic mass is 9.98. The van der Waals surface area contributed by atoms with Gasteiger partial charge in [0.2, 0.25) is 5.91 Å². The van der Waals surface area contributed by atoms with Gasteiger partial charge in [-0.3, -0.25) is 4.79 Å². The summed E-state index contributed by atoms with van der Waals surface area (Å²) in [6, 6.07) is 13.5. The van der Waals surface area contributed by atoms with Crippen LogP contribution in [0.1, 0.15) is 5.56 Å². The van der Waals surface area contributed by atoms with E-state index in [1.54, 1.807) is 0 Å². The van der Waals surface area contributed by atoms with Gasteiger partial charge in [0.15, 0.2) is 0 Å². The quantitative estimate of drug-likeness (QED) is 0.816. The summed E-state index contributed by atoms with van der Waals surface area (Å²) in [6.07, 6.45) is 0.427. The summed E-state index contributed by atoms with van der Waals surface area (Å²) >= 11 is 6.19. The molecular weight excluding hydrogens is 234 g/mol. The van der Waals surface area contributed by atoms with Crippen LogP contribution in [0.4, 0.5) is 5.69 Å². The van der Waals surface area contributed by atoms with Crippen molar-refractivity contribution in [2.24, 2.45) is 0 Å². The molecular formula is C14H10ClNO. The maximum absolute atomic E-state index is 11.4. The van der Waals surface area contributed by atoms with Crippen molar-refractivity contribution >= 4 is 23.2 Å². The Bertz CT molecular complexity index is 607. The van der Waals surface area contributed by atoms with E-state index in [0.29, 0.717) is 11.4 Å². The standard InChI is InChI=1S/C14H10ClNO/c15-12-6-2-1-4-10(12)9-5-3-7-13-11(9)8-14(17)16-13/h1-7H,8H2,(H,16,17). The van der Waals surface area contributed by atoms with Crippen molar-refractivity contribution in [1.82, 2.24) is 0 Å². The minimum atomic E-state index is 0.0412. The van der Waals surface area contributed by atoms with Gasteiger partial charge in [-0.05, 0) is 23.3 Å². The molecule has 2 nitrogen and oxygen atoms in total. The lowest BCUT2D eigenvalue weighted by Gasteiger charge is -2.08. The second-order valence-corrected chi connectivity index (χ2v) is 4.44. The molecule has 0 saturated carbocycles. The second-order valence-electron chi connectivity index (χ2n) is 4.04. The predicted molar refractivity (Wildman–Crippen MR) is 69.2 cm³/mol. The normalized spacial score (nSPS) is 13.4. The summed E-state index contributed by atoms with van der Waals surface area (Å²) in [4.78, 5) is 11.4. The third kappa shape index (κ3) is 1.71. The Morgan fingerprint density at radius 2 is 1.76 bits per heavy atom. The Balaban J connectivity index is 2.21. The Morgan fingerprint density at radius 1 is 1.00 bits per heavy atom. The van der Waals surface area contributed by atoms with Gasteiger partial charge < -0.3 is 5.32 Å². The van der Waals surface area contributed by atoms with E-state index in [-0.39, 0.29) is 5.91 Å². The van der Waals surface area contributed by atoms with Crippen molar-refractivity contribution in [2.45, 2.75) is 6.42 Å². The SMILES string of the molecule is O=C1Cc2c(cccc2-c2ccccc2Cl)N1. The van der Waals surface area contributed by atoms with Crippen molar-refractivity contribution in [2.75, 3.05) is 5.32 Å². The summed E-state index contributed by atoms with van der Waals surface area (Å²) in [5.74, 6) is 0.0412. The zero-order valence-electron chi connectivity index (χ0n) is 9.03. The number of carbonyl (C=O) groups excluding carboxylic acids is 1. The van der Waals surface area contributed by atoms with Gasteiger partial charge in [0.05, 0.1) is 6.42 Å². The van der Waals surface area contributed by atoms with Crippen molar-refractivity contribution in [3.8, 4) is 11.1 Å². The number of nitrogens with one attached hydrogen (secondary N) is 1. The van der Waals surface area contributed by atoms with Crippen LogP contribution < -0.4 is 5.32 Å². The molecule has 0 aromatic heterocycles. The fourth-order valence-electron chi connectivity index (χ4n) is 2.18. The maximum atomic E-state index is 11.4. The Hall–Kier alpha value is -1.80. The van der Waals surface area contributed by atoms with Gasteiger partial charge in [0.25, 0.3) is 0 Å². The van der Waals surface area contributed by atoms with Crippen LogP contribution in [0, 0.1) is 0 Å². The highest BCUT2D eigenvalue weighted by molar-refractivity contribution is 6.33.